The summed E-state index contributed by atoms with van der Waals surface area (Å²) in [7, 11) is 0. The Balaban J connectivity index is 3.91. The number of rotatable bonds is 17. The molecule has 0 aliphatic heterocycles. The third-order valence-electron chi connectivity index (χ3n) is 4.61. The number of carbonyl (C=O) groups excluding carboxylic acids is 1. The Labute approximate surface area is 152 Å². The Bertz CT molecular complexity index is 288. The second-order valence-electron chi connectivity index (χ2n) is 7.05. The van der Waals surface area contributed by atoms with Gasteiger partial charge in [0.2, 0.25) is 5.91 Å². The largest absolute Gasteiger partial charge is 0.339 e. The molecular weight excluding hydrogens is 294 g/mol. The van der Waals surface area contributed by atoms with E-state index in [9.17, 15) is 4.79 Å². The molecule has 0 heterocycles. The van der Waals surface area contributed by atoms with Gasteiger partial charge in [-0.25, -0.2) is 0 Å². The van der Waals surface area contributed by atoms with E-state index in [0.717, 1.165) is 32.4 Å². The number of carbonyl (C=O) groups is 1. The molecule has 24 heavy (non-hydrogen) atoms. The third-order valence-corrected chi connectivity index (χ3v) is 4.61. The van der Waals surface area contributed by atoms with Crippen molar-refractivity contribution in [1.29, 1.82) is 0 Å². The topological polar surface area (TPSA) is 20.3 Å². The number of unbranched alkanes of at least 4 members (excludes halogenated alkanes) is 11. The highest BCUT2D eigenvalue weighted by Gasteiger charge is 2.09. The molecule has 0 saturated carbocycles. The minimum absolute atomic E-state index is 0.227. The summed E-state index contributed by atoms with van der Waals surface area (Å²) >= 11 is 0. The van der Waals surface area contributed by atoms with Crippen LogP contribution >= 0.6 is 0 Å². The van der Waals surface area contributed by atoms with Crippen molar-refractivity contribution in [3.05, 3.63) is 12.2 Å². The average molecular weight is 338 g/mol. The second kappa shape index (κ2) is 18.5. The predicted octanol–water partition coefficient (Wildman–Crippen LogP) is 6.89. The van der Waals surface area contributed by atoms with Gasteiger partial charge in [0.05, 0.1) is 0 Å². The molecule has 0 aliphatic carbocycles. The summed E-state index contributed by atoms with van der Waals surface area (Å²) < 4.78 is 0. The van der Waals surface area contributed by atoms with Crippen LogP contribution in [-0.2, 0) is 4.79 Å². The smallest absolute Gasteiger partial charge is 0.246 e. The number of nitrogens with zero attached hydrogens (tertiary/aromatic N) is 1. The van der Waals surface area contributed by atoms with Crippen LogP contribution in [0.2, 0.25) is 0 Å². The highest BCUT2D eigenvalue weighted by Crippen LogP contribution is 2.09. The fourth-order valence-electron chi connectivity index (χ4n) is 2.95. The first-order chi connectivity index (χ1) is 11.8. The molecule has 0 rings (SSSR count). The molecule has 2 nitrogen and oxygen atoms in total. The van der Waals surface area contributed by atoms with Gasteiger partial charge in [0.25, 0.3) is 0 Å². The predicted molar refractivity (Wildman–Crippen MR) is 107 cm³/mol. The van der Waals surface area contributed by atoms with Gasteiger partial charge in [0.1, 0.15) is 0 Å². The minimum Gasteiger partial charge on any atom is -0.339 e. The van der Waals surface area contributed by atoms with Crippen LogP contribution in [0, 0.1) is 0 Å². The first-order valence-corrected chi connectivity index (χ1v) is 10.7. The summed E-state index contributed by atoms with van der Waals surface area (Å²) in [5.41, 5.74) is 0. The van der Waals surface area contributed by atoms with Crippen molar-refractivity contribution in [2.24, 2.45) is 0 Å². The molecule has 1 amide bonds. The maximum atomic E-state index is 12.4. The summed E-state index contributed by atoms with van der Waals surface area (Å²) in [5.74, 6) is 0.227. The van der Waals surface area contributed by atoms with Crippen LogP contribution in [0.4, 0.5) is 0 Å². The summed E-state index contributed by atoms with van der Waals surface area (Å²) in [4.78, 5) is 14.4. The van der Waals surface area contributed by atoms with Gasteiger partial charge in [-0.2, -0.15) is 0 Å². The van der Waals surface area contributed by atoms with E-state index in [2.05, 4.69) is 31.7 Å². The lowest BCUT2D eigenvalue weighted by atomic mass is 10.1. The van der Waals surface area contributed by atoms with E-state index < -0.39 is 0 Å². The SMILES string of the molecule is CCCCCCCCCC=CC(=O)N(CCCCC)CCCCC. The van der Waals surface area contributed by atoms with Crippen molar-refractivity contribution >= 4 is 5.91 Å². The molecule has 0 aliphatic rings. The molecule has 0 N–H and O–H groups in total. The Hall–Kier alpha value is -0.790. The van der Waals surface area contributed by atoms with Gasteiger partial charge in [0.15, 0.2) is 0 Å². The van der Waals surface area contributed by atoms with Gasteiger partial charge in [0, 0.05) is 13.1 Å². The van der Waals surface area contributed by atoms with E-state index in [-0.39, 0.29) is 5.91 Å². The molecule has 0 unspecified atom stereocenters. The summed E-state index contributed by atoms with van der Waals surface area (Å²) in [6, 6.07) is 0. The van der Waals surface area contributed by atoms with Crippen molar-refractivity contribution in [3.8, 4) is 0 Å². The molecule has 0 fully saturated rings. The summed E-state index contributed by atoms with van der Waals surface area (Å²) in [6.45, 7) is 8.54. The van der Waals surface area contributed by atoms with Crippen LogP contribution in [0.1, 0.15) is 111 Å². The van der Waals surface area contributed by atoms with Gasteiger partial charge in [-0.05, 0) is 31.8 Å². The molecule has 0 saturated heterocycles. The Kier molecular flexibility index (Phi) is 17.9. The normalized spacial score (nSPS) is 11.3. The fraction of sp³-hybridized carbons (Fsp3) is 0.864. The van der Waals surface area contributed by atoms with Crippen molar-refractivity contribution in [3.63, 3.8) is 0 Å². The van der Waals surface area contributed by atoms with E-state index in [4.69, 9.17) is 0 Å². The molecule has 0 bridgehead atoms. The average Bonchev–Trinajstić information content (AvgIpc) is 2.59. The van der Waals surface area contributed by atoms with Crippen molar-refractivity contribution in [2.75, 3.05) is 13.1 Å². The zero-order valence-corrected chi connectivity index (χ0v) is 16.8. The van der Waals surface area contributed by atoms with Gasteiger partial charge in [-0.15, -0.1) is 0 Å². The maximum Gasteiger partial charge on any atom is 0.246 e. The van der Waals surface area contributed by atoms with Crippen LogP contribution in [0.3, 0.4) is 0 Å². The highest BCUT2D eigenvalue weighted by molar-refractivity contribution is 5.87. The fourth-order valence-corrected chi connectivity index (χ4v) is 2.95. The second-order valence-corrected chi connectivity index (χ2v) is 7.05. The van der Waals surface area contributed by atoms with Crippen LogP contribution in [-0.4, -0.2) is 23.9 Å². The highest BCUT2D eigenvalue weighted by atomic mass is 16.2. The molecule has 0 atom stereocenters. The van der Waals surface area contributed by atoms with E-state index >= 15 is 0 Å². The van der Waals surface area contributed by atoms with Crippen LogP contribution in [0.15, 0.2) is 12.2 Å². The molecule has 0 aromatic heterocycles. The van der Waals surface area contributed by atoms with E-state index in [0.29, 0.717) is 0 Å². The van der Waals surface area contributed by atoms with Gasteiger partial charge in [-0.1, -0.05) is 91.1 Å². The third kappa shape index (κ3) is 14.8. The molecule has 0 radical (unpaired) electrons. The molecule has 2 heteroatoms. The zero-order chi connectivity index (χ0) is 17.9. The molecule has 142 valence electrons. The summed E-state index contributed by atoms with van der Waals surface area (Å²) in [6.07, 6.45) is 21.5. The van der Waals surface area contributed by atoms with E-state index in [1.54, 1.807) is 0 Å². The standard InChI is InChI=1S/C22H43NO/c1-4-7-10-11-12-13-14-15-16-19-22(24)23(20-17-8-5-2)21-18-9-6-3/h16,19H,4-15,17-18,20-21H2,1-3H3. The van der Waals surface area contributed by atoms with E-state index in [1.807, 2.05) is 6.08 Å². The Morgan fingerprint density at radius 2 is 1.12 bits per heavy atom. The first-order valence-electron chi connectivity index (χ1n) is 10.7. The van der Waals surface area contributed by atoms with Crippen molar-refractivity contribution in [2.45, 2.75) is 111 Å². The lowest BCUT2D eigenvalue weighted by Crippen LogP contribution is -2.31. The number of hydrogen-bond acceptors (Lipinski definition) is 1. The molecular formula is C22H43NO. The van der Waals surface area contributed by atoms with Crippen LogP contribution < -0.4 is 0 Å². The number of allylic oxidation sites excluding steroid dienone is 1. The molecule has 0 aromatic carbocycles. The molecule has 0 spiro atoms. The van der Waals surface area contributed by atoms with Crippen molar-refractivity contribution in [1.82, 2.24) is 4.90 Å². The van der Waals surface area contributed by atoms with Crippen LogP contribution in [0.5, 0.6) is 0 Å². The lowest BCUT2D eigenvalue weighted by Gasteiger charge is -2.21. The number of amides is 1. The van der Waals surface area contributed by atoms with Gasteiger partial charge < -0.3 is 4.90 Å². The van der Waals surface area contributed by atoms with Crippen LogP contribution in [0.25, 0.3) is 0 Å². The number of hydrogen-bond donors (Lipinski definition) is 0. The van der Waals surface area contributed by atoms with E-state index in [1.165, 1.54) is 70.6 Å². The van der Waals surface area contributed by atoms with Gasteiger partial charge >= 0.3 is 0 Å². The monoisotopic (exact) mass is 337 g/mol. The first kappa shape index (κ1) is 23.2. The maximum absolute atomic E-state index is 12.4. The van der Waals surface area contributed by atoms with Crippen molar-refractivity contribution < 1.29 is 4.79 Å². The zero-order valence-electron chi connectivity index (χ0n) is 16.8. The van der Waals surface area contributed by atoms with Gasteiger partial charge in [-0.3, -0.25) is 4.79 Å². The quantitative estimate of drug-likeness (QED) is 0.209. The Morgan fingerprint density at radius 1 is 0.667 bits per heavy atom. The molecule has 0 aromatic rings. The lowest BCUT2D eigenvalue weighted by molar-refractivity contribution is -0.126. The minimum atomic E-state index is 0.227. The summed E-state index contributed by atoms with van der Waals surface area (Å²) in [5, 5.41) is 0. The Morgan fingerprint density at radius 3 is 1.67 bits per heavy atom.